The molecule has 1 N–H and O–H groups in total. The molecule has 4 aromatic rings. The van der Waals surface area contributed by atoms with Crippen LogP contribution < -0.4 is 5.43 Å². The molecule has 2 heterocycles. The molecule has 1 amide bonds. The van der Waals surface area contributed by atoms with Gasteiger partial charge in [-0.1, -0.05) is 80.6 Å². The predicted octanol–water partition coefficient (Wildman–Crippen LogP) is 5.84. The standard InChI is InChI=1S/C26H27N5OS2/c1-18-7-13-21(14-8-18)31-24(19-9-11-20(12-10-19)26(2,3)4)29-30-25(31)34-17-23(32)28-27-16-22-6-5-15-33-22/h5-16H,17H2,1-4H3,(H,28,32)/b27-16+. The van der Waals surface area contributed by atoms with Crippen LogP contribution >= 0.6 is 23.1 Å². The molecule has 0 saturated heterocycles. The molecule has 174 valence electrons. The topological polar surface area (TPSA) is 72.2 Å². The summed E-state index contributed by atoms with van der Waals surface area (Å²) >= 11 is 2.89. The second-order valence-electron chi connectivity index (χ2n) is 8.90. The molecule has 0 fully saturated rings. The Balaban J connectivity index is 1.57. The van der Waals surface area contributed by atoms with Crippen LogP contribution in [0.2, 0.25) is 0 Å². The van der Waals surface area contributed by atoms with Gasteiger partial charge in [-0.25, -0.2) is 5.43 Å². The molecule has 0 aliphatic rings. The molecule has 0 spiro atoms. The summed E-state index contributed by atoms with van der Waals surface area (Å²) in [7, 11) is 0. The van der Waals surface area contributed by atoms with Gasteiger partial charge in [0.2, 0.25) is 0 Å². The summed E-state index contributed by atoms with van der Waals surface area (Å²) in [5, 5.41) is 15.5. The van der Waals surface area contributed by atoms with Crippen LogP contribution in [0.3, 0.4) is 0 Å². The van der Waals surface area contributed by atoms with Gasteiger partial charge in [-0.15, -0.1) is 21.5 Å². The Morgan fingerprint density at radius 1 is 1.09 bits per heavy atom. The average Bonchev–Trinajstić information content (AvgIpc) is 3.48. The molecule has 6 nitrogen and oxygen atoms in total. The summed E-state index contributed by atoms with van der Waals surface area (Å²) in [5.74, 6) is 0.713. The first-order valence-corrected chi connectivity index (χ1v) is 12.8. The number of hydrazone groups is 1. The third kappa shape index (κ3) is 5.81. The number of nitrogens with one attached hydrogen (secondary N) is 1. The van der Waals surface area contributed by atoms with Crippen LogP contribution in [0.15, 0.2) is 76.3 Å². The Bertz CT molecular complexity index is 1270. The van der Waals surface area contributed by atoms with Gasteiger partial charge in [-0.3, -0.25) is 9.36 Å². The van der Waals surface area contributed by atoms with Crippen molar-refractivity contribution in [2.24, 2.45) is 5.10 Å². The molecular weight excluding hydrogens is 462 g/mol. The molecule has 8 heteroatoms. The van der Waals surface area contributed by atoms with E-state index in [0.717, 1.165) is 22.0 Å². The van der Waals surface area contributed by atoms with E-state index in [4.69, 9.17) is 0 Å². The van der Waals surface area contributed by atoms with Crippen molar-refractivity contribution in [1.82, 2.24) is 20.2 Å². The smallest absolute Gasteiger partial charge is 0.250 e. The van der Waals surface area contributed by atoms with Crippen LogP contribution in [0.5, 0.6) is 0 Å². The molecule has 4 rings (SSSR count). The number of thiophene rings is 1. The summed E-state index contributed by atoms with van der Waals surface area (Å²) < 4.78 is 2.00. The number of carbonyl (C=O) groups is 1. The fourth-order valence-electron chi connectivity index (χ4n) is 3.29. The van der Waals surface area contributed by atoms with E-state index in [-0.39, 0.29) is 17.1 Å². The Morgan fingerprint density at radius 3 is 2.47 bits per heavy atom. The van der Waals surface area contributed by atoms with Crippen molar-refractivity contribution in [3.05, 3.63) is 82.0 Å². The van der Waals surface area contributed by atoms with Gasteiger partial charge in [-0.05, 0) is 41.5 Å². The van der Waals surface area contributed by atoms with Gasteiger partial charge in [0.1, 0.15) is 0 Å². The van der Waals surface area contributed by atoms with Gasteiger partial charge in [0.25, 0.3) is 5.91 Å². The third-order valence-electron chi connectivity index (χ3n) is 5.19. The second kappa shape index (κ2) is 10.4. The van der Waals surface area contributed by atoms with Gasteiger partial charge < -0.3 is 0 Å². The van der Waals surface area contributed by atoms with E-state index in [0.29, 0.717) is 5.16 Å². The maximum Gasteiger partial charge on any atom is 0.250 e. The van der Waals surface area contributed by atoms with Crippen molar-refractivity contribution in [2.45, 2.75) is 38.3 Å². The number of nitrogens with zero attached hydrogens (tertiary/aromatic N) is 4. The first-order chi connectivity index (χ1) is 16.3. The molecule has 2 aromatic heterocycles. The highest BCUT2D eigenvalue weighted by Crippen LogP contribution is 2.30. The summed E-state index contributed by atoms with van der Waals surface area (Å²) in [6, 6.07) is 20.5. The molecule has 0 aliphatic carbocycles. The molecule has 0 aliphatic heterocycles. The Kier molecular flexibility index (Phi) is 7.29. The average molecular weight is 490 g/mol. The fraction of sp³-hybridized carbons (Fsp3) is 0.231. The number of rotatable bonds is 7. The Hall–Kier alpha value is -3.23. The zero-order valence-electron chi connectivity index (χ0n) is 19.6. The number of benzene rings is 2. The fourth-order valence-corrected chi connectivity index (χ4v) is 4.62. The van der Waals surface area contributed by atoms with Gasteiger partial charge in [0.05, 0.1) is 12.0 Å². The monoisotopic (exact) mass is 489 g/mol. The highest BCUT2D eigenvalue weighted by molar-refractivity contribution is 7.99. The lowest BCUT2D eigenvalue weighted by molar-refractivity contribution is -0.118. The largest absolute Gasteiger partial charge is 0.272 e. The molecule has 34 heavy (non-hydrogen) atoms. The molecule has 2 aromatic carbocycles. The predicted molar refractivity (Wildman–Crippen MR) is 141 cm³/mol. The highest BCUT2D eigenvalue weighted by atomic mass is 32.2. The normalized spacial score (nSPS) is 11.8. The number of carbonyl (C=O) groups excluding carboxylic acids is 1. The molecular formula is C26H27N5OS2. The summed E-state index contributed by atoms with van der Waals surface area (Å²) in [6.45, 7) is 8.64. The molecule has 0 unspecified atom stereocenters. The van der Waals surface area contributed by atoms with Crippen LogP contribution in [-0.4, -0.2) is 32.6 Å². The van der Waals surface area contributed by atoms with Gasteiger partial charge in [-0.2, -0.15) is 5.10 Å². The lowest BCUT2D eigenvalue weighted by atomic mass is 9.87. The van der Waals surface area contributed by atoms with Crippen LogP contribution in [0.4, 0.5) is 0 Å². The third-order valence-corrected chi connectivity index (χ3v) is 6.93. The zero-order chi connectivity index (χ0) is 24.1. The first kappa shape index (κ1) is 23.9. The van der Waals surface area contributed by atoms with E-state index in [1.807, 2.05) is 34.2 Å². The number of thioether (sulfide) groups is 1. The van der Waals surface area contributed by atoms with Crippen molar-refractivity contribution in [2.75, 3.05) is 5.75 Å². The van der Waals surface area contributed by atoms with Crippen molar-refractivity contribution < 1.29 is 4.79 Å². The minimum atomic E-state index is -0.202. The van der Waals surface area contributed by atoms with Crippen LogP contribution in [0.25, 0.3) is 17.1 Å². The lowest BCUT2D eigenvalue weighted by Gasteiger charge is -2.19. The van der Waals surface area contributed by atoms with E-state index in [1.165, 1.54) is 22.9 Å². The quantitative estimate of drug-likeness (QED) is 0.201. The number of hydrogen-bond donors (Lipinski definition) is 1. The van der Waals surface area contributed by atoms with Crippen molar-refractivity contribution in [3.8, 4) is 17.1 Å². The maximum absolute atomic E-state index is 12.3. The van der Waals surface area contributed by atoms with Crippen molar-refractivity contribution in [1.29, 1.82) is 0 Å². The first-order valence-electron chi connectivity index (χ1n) is 10.9. The zero-order valence-corrected chi connectivity index (χ0v) is 21.3. The van der Waals surface area contributed by atoms with Gasteiger partial charge >= 0.3 is 0 Å². The summed E-state index contributed by atoms with van der Waals surface area (Å²) in [4.78, 5) is 13.3. The summed E-state index contributed by atoms with van der Waals surface area (Å²) in [5.41, 5.74) is 6.99. The molecule has 0 bridgehead atoms. The van der Waals surface area contributed by atoms with E-state index in [1.54, 1.807) is 17.6 Å². The van der Waals surface area contributed by atoms with Crippen LogP contribution in [-0.2, 0) is 10.2 Å². The SMILES string of the molecule is Cc1ccc(-n2c(SCC(=O)N/N=C/c3cccs3)nnc2-c2ccc(C(C)(C)C)cc2)cc1. The van der Waals surface area contributed by atoms with Crippen molar-refractivity contribution >= 4 is 35.2 Å². The molecule has 0 radical (unpaired) electrons. The Labute approximate surface area is 208 Å². The molecule has 0 atom stereocenters. The highest BCUT2D eigenvalue weighted by Gasteiger charge is 2.19. The Morgan fingerprint density at radius 2 is 1.82 bits per heavy atom. The summed E-state index contributed by atoms with van der Waals surface area (Å²) in [6.07, 6.45) is 1.64. The van der Waals surface area contributed by atoms with E-state index >= 15 is 0 Å². The molecule has 0 saturated carbocycles. The van der Waals surface area contributed by atoms with Crippen molar-refractivity contribution in [3.63, 3.8) is 0 Å². The second-order valence-corrected chi connectivity index (χ2v) is 10.8. The van der Waals surface area contributed by atoms with E-state index < -0.39 is 0 Å². The lowest BCUT2D eigenvalue weighted by Crippen LogP contribution is -2.19. The van der Waals surface area contributed by atoms with Crippen LogP contribution in [0.1, 0.15) is 36.8 Å². The van der Waals surface area contributed by atoms with Crippen LogP contribution in [0, 0.1) is 6.92 Å². The number of aromatic nitrogens is 3. The minimum absolute atomic E-state index is 0.0729. The van der Waals surface area contributed by atoms with E-state index in [2.05, 4.69) is 84.8 Å². The van der Waals surface area contributed by atoms with Gasteiger partial charge in [0.15, 0.2) is 11.0 Å². The minimum Gasteiger partial charge on any atom is -0.272 e. The van der Waals surface area contributed by atoms with E-state index in [9.17, 15) is 4.79 Å². The maximum atomic E-state index is 12.3. The number of hydrogen-bond acceptors (Lipinski definition) is 6. The number of amides is 1. The van der Waals surface area contributed by atoms with Gasteiger partial charge in [0, 0.05) is 16.1 Å². The number of aryl methyl sites for hydroxylation is 1.